The Morgan fingerprint density at radius 2 is 1.91 bits per heavy atom. The molecular weight excluding hydrogens is 302 g/mol. The van der Waals surface area contributed by atoms with Gasteiger partial charge in [0.25, 0.3) is 0 Å². The number of rotatable bonds is 8. The number of nitrogen functional groups attached to an aromatic ring is 1. The monoisotopic (exact) mass is 321 g/mol. The number of carbonyl (C=O) groups excluding carboxylic acids is 1. The summed E-state index contributed by atoms with van der Waals surface area (Å²) < 4.78 is 25.9. The second kappa shape index (κ2) is 8.09. The van der Waals surface area contributed by atoms with Crippen molar-refractivity contribution in [3.05, 3.63) is 41.9 Å². The van der Waals surface area contributed by atoms with Gasteiger partial charge in [-0.1, -0.05) is 0 Å². The van der Waals surface area contributed by atoms with E-state index in [1.807, 2.05) is 0 Å². The SMILES string of the molecule is COC(=O)c1coc(COCCOc2cc(N)cc(OC)c2)c1. The molecule has 0 aliphatic carbocycles. The van der Waals surface area contributed by atoms with Crippen LogP contribution >= 0.6 is 0 Å². The average Bonchev–Trinajstić information content (AvgIpc) is 3.02. The lowest BCUT2D eigenvalue weighted by Gasteiger charge is -2.09. The third-order valence-corrected chi connectivity index (χ3v) is 2.95. The first-order valence-electron chi connectivity index (χ1n) is 6.93. The minimum atomic E-state index is -0.445. The van der Waals surface area contributed by atoms with Crippen LogP contribution in [0.3, 0.4) is 0 Å². The Bertz CT molecular complexity index is 652. The molecule has 0 unspecified atom stereocenters. The summed E-state index contributed by atoms with van der Waals surface area (Å²) in [4.78, 5) is 11.3. The molecule has 7 nitrogen and oxygen atoms in total. The molecule has 0 radical (unpaired) electrons. The summed E-state index contributed by atoms with van der Waals surface area (Å²) >= 11 is 0. The Morgan fingerprint density at radius 3 is 2.65 bits per heavy atom. The molecule has 7 heteroatoms. The van der Waals surface area contributed by atoms with E-state index < -0.39 is 5.97 Å². The maximum atomic E-state index is 11.3. The number of hydrogen-bond donors (Lipinski definition) is 1. The van der Waals surface area contributed by atoms with Gasteiger partial charge >= 0.3 is 5.97 Å². The Hall–Kier alpha value is -2.67. The fourth-order valence-corrected chi connectivity index (χ4v) is 1.87. The second-order valence-corrected chi connectivity index (χ2v) is 4.64. The third kappa shape index (κ3) is 4.93. The van der Waals surface area contributed by atoms with Crippen molar-refractivity contribution in [2.24, 2.45) is 0 Å². The van der Waals surface area contributed by atoms with Gasteiger partial charge in [0.15, 0.2) is 0 Å². The summed E-state index contributed by atoms with van der Waals surface area (Å²) in [7, 11) is 2.88. The zero-order valence-electron chi connectivity index (χ0n) is 13.0. The summed E-state index contributed by atoms with van der Waals surface area (Å²) in [5, 5.41) is 0. The lowest BCUT2D eigenvalue weighted by molar-refractivity contribution is 0.0600. The molecule has 0 atom stereocenters. The molecule has 0 saturated carbocycles. The minimum Gasteiger partial charge on any atom is -0.497 e. The number of furan rings is 1. The van der Waals surface area contributed by atoms with Crippen LogP contribution in [0.2, 0.25) is 0 Å². The number of hydrogen-bond acceptors (Lipinski definition) is 7. The van der Waals surface area contributed by atoms with E-state index in [9.17, 15) is 4.79 Å². The van der Waals surface area contributed by atoms with Crippen molar-refractivity contribution < 1.29 is 28.2 Å². The summed E-state index contributed by atoms with van der Waals surface area (Å²) in [6, 6.07) is 6.73. The van der Waals surface area contributed by atoms with Crippen LogP contribution in [-0.4, -0.2) is 33.4 Å². The van der Waals surface area contributed by atoms with Crippen molar-refractivity contribution in [3.63, 3.8) is 0 Å². The summed E-state index contributed by atoms with van der Waals surface area (Å²) in [5.41, 5.74) is 6.66. The van der Waals surface area contributed by atoms with E-state index in [0.717, 1.165) is 0 Å². The van der Waals surface area contributed by atoms with Crippen LogP contribution in [-0.2, 0) is 16.1 Å². The Morgan fingerprint density at radius 1 is 1.13 bits per heavy atom. The number of carbonyl (C=O) groups is 1. The van der Waals surface area contributed by atoms with Crippen molar-refractivity contribution in [1.29, 1.82) is 0 Å². The van der Waals surface area contributed by atoms with Gasteiger partial charge in [-0.2, -0.15) is 0 Å². The van der Waals surface area contributed by atoms with Gasteiger partial charge in [-0.25, -0.2) is 4.79 Å². The Kier molecular flexibility index (Phi) is 5.87. The number of anilines is 1. The zero-order chi connectivity index (χ0) is 16.7. The van der Waals surface area contributed by atoms with Gasteiger partial charge in [0.2, 0.25) is 0 Å². The molecular formula is C16H19NO6. The number of ether oxygens (including phenoxy) is 4. The summed E-state index contributed by atoms with van der Waals surface area (Å²) in [5.74, 6) is 1.33. The zero-order valence-corrected chi connectivity index (χ0v) is 13.0. The Balaban J connectivity index is 1.72. The number of nitrogens with two attached hydrogens (primary N) is 1. The van der Waals surface area contributed by atoms with Crippen molar-refractivity contribution in [3.8, 4) is 11.5 Å². The first-order valence-corrected chi connectivity index (χ1v) is 6.93. The molecule has 1 aromatic heterocycles. The van der Waals surface area contributed by atoms with Crippen molar-refractivity contribution in [2.45, 2.75) is 6.61 Å². The van der Waals surface area contributed by atoms with E-state index >= 15 is 0 Å². The average molecular weight is 321 g/mol. The first-order chi connectivity index (χ1) is 11.1. The highest BCUT2D eigenvalue weighted by Crippen LogP contribution is 2.23. The molecule has 2 aromatic rings. The molecule has 1 heterocycles. The minimum absolute atomic E-state index is 0.237. The Labute approximate surface area is 133 Å². The van der Waals surface area contributed by atoms with Crippen molar-refractivity contribution in [1.82, 2.24) is 0 Å². The highest BCUT2D eigenvalue weighted by molar-refractivity contribution is 5.88. The van der Waals surface area contributed by atoms with Crippen LogP contribution in [0.15, 0.2) is 34.9 Å². The molecule has 1 aromatic carbocycles. The molecule has 0 aliphatic rings. The van der Waals surface area contributed by atoms with Crippen molar-refractivity contribution >= 4 is 11.7 Å². The molecule has 0 bridgehead atoms. The highest BCUT2D eigenvalue weighted by atomic mass is 16.5. The highest BCUT2D eigenvalue weighted by Gasteiger charge is 2.10. The van der Waals surface area contributed by atoms with Gasteiger partial charge < -0.3 is 29.1 Å². The topological polar surface area (TPSA) is 93.2 Å². The molecule has 23 heavy (non-hydrogen) atoms. The molecule has 0 amide bonds. The smallest absolute Gasteiger partial charge is 0.341 e. The lowest BCUT2D eigenvalue weighted by atomic mass is 10.3. The quantitative estimate of drug-likeness (QED) is 0.453. The largest absolute Gasteiger partial charge is 0.497 e. The summed E-state index contributed by atoms with van der Waals surface area (Å²) in [6.07, 6.45) is 1.33. The van der Waals surface area contributed by atoms with E-state index in [1.54, 1.807) is 31.4 Å². The van der Waals surface area contributed by atoms with Crippen LogP contribution in [0, 0.1) is 0 Å². The van der Waals surface area contributed by atoms with E-state index in [2.05, 4.69) is 4.74 Å². The van der Waals surface area contributed by atoms with Crippen LogP contribution in [0.1, 0.15) is 16.1 Å². The van der Waals surface area contributed by atoms with Crippen LogP contribution in [0.4, 0.5) is 5.69 Å². The molecule has 0 aliphatic heterocycles. The maximum absolute atomic E-state index is 11.3. The van der Waals surface area contributed by atoms with Gasteiger partial charge in [-0.05, 0) is 6.07 Å². The predicted octanol–water partition coefficient (Wildman–Crippen LogP) is 2.25. The molecule has 124 valence electrons. The van der Waals surface area contributed by atoms with E-state index in [1.165, 1.54) is 13.4 Å². The van der Waals surface area contributed by atoms with Gasteiger partial charge in [0, 0.05) is 23.9 Å². The molecule has 0 fully saturated rings. The van der Waals surface area contributed by atoms with Crippen LogP contribution < -0.4 is 15.2 Å². The first kappa shape index (κ1) is 16.7. The molecule has 0 spiro atoms. The number of esters is 1. The van der Waals surface area contributed by atoms with Gasteiger partial charge in [-0.15, -0.1) is 0 Å². The van der Waals surface area contributed by atoms with Crippen molar-refractivity contribution in [2.75, 3.05) is 33.2 Å². The van der Waals surface area contributed by atoms with E-state index in [-0.39, 0.29) is 6.61 Å². The fraction of sp³-hybridized carbons (Fsp3) is 0.312. The summed E-state index contributed by atoms with van der Waals surface area (Å²) in [6.45, 7) is 0.934. The molecule has 0 saturated heterocycles. The maximum Gasteiger partial charge on any atom is 0.341 e. The standard InChI is InChI=1S/C16H19NO6/c1-19-13-6-12(17)7-14(8-13)22-4-3-21-10-15-5-11(9-23-15)16(18)20-2/h5-9H,3-4,10,17H2,1-2H3. The normalized spacial score (nSPS) is 10.3. The number of methoxy groups -OCH3 is 2. The molecule has 2 rings (SSSR count). The van der Waals surface area contributed by atoms with Gasteiger partial charge in [0.1, 0.15) is 36.7 Å². The second-order valence-electron chi connectivity index (χ2n) is 4.64. The van der Waals surface area contributed by atoms with E-state index in [4.69, 9.17) is 24.4 Å². The number of benzene rings is 1. The fourth-order valence-electron chi connectivity index (χ4n) is 1.87. The van der Waals surface area contributed by atoms with E-state index in [0.29, 0.717) is 41.7 Å². The molecule has 2 N–H and O–H groups in total. The van der Waals surface area contributed by atoms with Crippen LogP contribution in [0.5, 0.6) is 11.5 Å². The van der Waals surface area contributed by atoms with Crippen LogP contribution in [0.25, 0.3) is 0 Å². The van der Waals surface area contributed by atoms with Gasteiger partial charge in [-0.3, -0.25) is 0 Å². The third-order valence-electron chi connectivity index (χ3n) is 2.95. The predicted molar refractivity (Wildman–Crippen MR) is 82.6 cm³/mol. The van der Waals surface area contributed by atoms with Gasteiger partial charge in [0.05, 0.1) is 26.4 Å². The lowest BCUT2D eigenvalue weighted by Crippen LogP contribution is -2.07.